The molecule has 0 aliphatic rings. The van der Waals surface area contributed by atoms with Crippen LogP contribution < -0.4 is 4.31 Å². The Morgan fingerprint density at radius 3 is 2.16 bits per heavy atom. The molecule has 0 amide bonds. The van der Waals surface area contributed by atoms with Crippen molar-refractivity contribution >= 4 is 27.5 Å². The van der Waals surface area contributed by atoms with Crippen molar-refractivity contribution < 1.29 is 8.42 Å². The first-order valence-electron chi connectivity index (χ1n) is 10.4. The summed E-state index contributed by atoms with van der Waals surface area (Å²) in [5, 5.41) is 9.42. The molecular formula is C26H28N3O2S+. The molecule has 0 atom stereocenters. The van der Waals surface area contributed by atoms with Gasteiger partial charge in [-0.1, -0.05) is 87.0 Å². The first-order chi connectivity index (χ1) is 15.1. The SMILES string of the molecule is Cc1ccc(S(=O)(=O)N(C/C=C/c2ccc(C(C)(C)C)cc2)c2ccccc2[N+]#N)cc1. The highest BCUT2D eigenvalue weighted by Crippen LogP contribution is 2.32. The van der Waals surface area contributed by atoms with Gasteiger partial charge in [-0.3, -0.25) is 4.31 Å². The molecule has 0 aliphatic heterocycles. The number of rotatable bonds is 6. The standard InChI is InChI=1S/C26H28N3O2S/c1-20-11-17-23(18-12-20)32(30,31)29(25-10-6-5-9-24(25)28-27)19-7-8-21-13-15-22(16-14-21)26(2,3)4/h5-18H,19H2,1-4H3/q+1/b8-7+. The highest BCUT2D eigenvalue weighted by molar-refractivity contribution is 7.92. The second-order valence-electron chi connectivity index (χ2n) is 8.71. The first-order valence-corrected chi connectivity index (χ1v) is 11.9. The zero-order valence-corrected chi connectivity index (χ0v) is 19.7. The number of sulfonamides is 1. The van der Waals surface area contributed by atoms with Gasteiger partial charge in [-0.25, -0.2) is 8.42 Å². The van der Waals surface area contributed by atoms with Gasteiger partial charge in [0, 0.05) is 6.07 Å². The van der Waals surface area contributed by atoms with Crippen LogP contribution >= 0.6 is 0 Å². The summed E-state index contributed by atoms with van der Waals surface area (Å²) in [6.45, 7) is 8.48. The number of hydrogen-bond acceptors (Lipinski definition) is 3. The van der Waals surface area contributed by atoms with Crippen LogP contribution in [0.3, 0.4) is 0 Å². The topological polar surface area (TPSA) is 65.5 Å². The molecule has 3 aromatic carbocycles. The molecule has 0 aromatic heterocycles. The van der Waals surface area contributed by atoms with Crippen LogP contribution in [-0.4, -0.2) is 15.0 Å². The van der Waals surface area contributed by atoms with Crippen molar-refractivity contribution in [1.29, 1.82) is 5.39 Å². The molecule has 6 heteroatoms. The lowest BCUT2D eigenvalue weighted by molar-refractivity contribution is 0.590. The minimum absolute atomic E-state index is 0.0681. The van der Waals surface area contributed by atoms with Crippen molar-refractivity contribution in [2.45, 2.75) is 38.0 Å². The van der Waals surface area contributed by atoms with Crippen molar-refractivity contribution in [2.24, 2.45) is 0 Å². The van der Waals surface area contributed by atoms with E-state index in [2.05, 4.69) is 37.9 Å². The second-order valence-corrected chi connectivity index (χ2v) is 10.6. The van der Waals surface area contributed by atoms with E-state index >= 15 is 0 Å². The predicted octanol–water partition coefficient (Wildman–Crippen LogP) is 6.69. The third kappa shape index (κ3) is 5.24. The van der Waals surface area contributed by atoms with Crippen LogP contribution in [0.4, 0.5) is 11.4 Å². The van der Waals surface area contributed by atoms with Gasteiger partial charge in [0.2, 0.25) is 5.39 Å². The predicted molar refractivity (Wildman–Crippen MR) is 131 cm³/mol. The maximum Gasteiger partial charge on any atom is 0.409 e. The number of para-hydroxylation sites is 1. The smallest absolute Gasteiger partial charge is 0.254 e. The van der Waals surface area contributed by atoms with E-state index in [4.69, 9.17) is 0 Å². The number of hydrogen-bond donors (Lipinski definition) is 0. The Morgan fingerprint density at radius 2 is 1.56 bits per heavy atom. The maximum atomic E-state index is 13.5. The quantitative estimate of drug-likeness (QED) is 0.396. The lowest BCUT2D eigenvalue weighted by Gasteiger charge is -2.22. The Bertz CT molecular complexity index is 1250. The summed E-state index contributed by atoms with van der Waals surface area (Å²) >= 11 is 0. The van der Waals surface area contributed by atoms with Crippen LogP contribution in [0.1, 0.15) is 37.5 Å². The molecule has 0 saturated carbocycles. The van der Waals surface area contributed by atoms with Crippen molar-refractivity contribution in [3.05, 3.63) is 101 Å². The number of aryl methyl sites for hydroxylation is 1. The third-order valence-electron chi connectivity index (χ3n) is 5.23. The number of diazo groups is 1. The molecule has 164 valence electrons. The van der Waals surface area contributed by atoms with Crippen LogP contribution in [-0.2, 0) is 15.4 Å². The van der Waals surface area contributed by atoms with Gasteiger partial charge in [-0.05, 0) is 41.7 Å². The van der Waals surface area contributed by atoms with Gasteiger partial charge in [-0.15, -0.1) is 0 Å². The molecule has 0 bridgehead atoms. The fourth-order valence-corrected chi connectivity index (χ4v) is 4.73. The van der Waals surface area contributed by atoms with Gasteiger partial charge in [-0.2, -0.15) is 0 Å². The van der Waals surface area contributed by atoms with Crippen LogP contribution in [0.25, 0.3) is 11.1 Å². The summed E-state index contributed by atoms with van der Waals surface area (Å²) < 4.78 is 28.2. The number of benzene rings is 3. The van der Waals surface area contributed by atoms with Gasteiger partial charge in [0.15, 0.2) is 4.98 Å². The average Bonchev–Trinajstić information content (AvgIpc) is 2.76. The van der Waals surface area contributed by atoms with E-state index in [0.29, 0.717) is 5.69 Å². The van der Waals surface area contributed by atoms with E-state index in [-0.39, 0.29) is 22.5 Å². The molecule has 0 unspecified atom stereocenters. The van der Waals surface area contributed by atoms with Crippen LogP contribution in [0, 0.1) is 12.3 Å². The number of nitrogens with zero attached hydrogens (tertiary/aromatic N) is 3. The fraction of sp³-hybridized carbons (Fsp3) is 0.231. The van der Waals surface area contributed by atoms with Gasteiger partial charge < -0.3 is 0 Å². The largest absolute Gasteiger partial charge is 0.409 e. The molecule has 0 fully saturated rings. The zero-order chi connectivity index (χ0) is 23.4. The maximum absolute atomic E-state index is 13.5. The van der Waals surface area contributed by atoms with E-state index in [1.807, 2.05) is 25.1 Å². The van der Waals surface area contributed by atoms with Crippen molar-refractivity contribution in [3.63, 3.8) is 0 Å². The Labute approximate surface area is 190 Å². The van der Waals surface area contributed by atoms with Crippen molar-refractivity contribution in [1.82, 2.24) is 0 Å². The summed E-state index contributed by atoms with van der Waals surface area (Å²) in [5.41, 5.74) is 3.75. The average molecular weight is 447 g/mol. The lowest BCUT2D eigenvalue weighted by Crippen LogP contribution is -2.31. The highest BCUT2D eigenvalue weighted by atomic mass is 32.2. The second kappa shape index (κ2) is 9.37. The summed E-state index contributed by atoms with van der Waals surface area (Å²) in [6, 6.07) is 21.5. The van der Waals surface area contributed by atoms with E-state index < -0.39 is 10.0 Å². The highest BCUT2D eigenvalue weighted by Gasteiger charge is 2.29. The zero-order valence-electron chi connectivity index (χ0n) is 18.9. The number of anilines is 1. The normalized spacial score (nSPS) is 12.0. The van der Waals surface area contributed by atoms with Crippen molar-refractivity contribution in [3.8, 4) is 0 Å². The van der Waals surface area contributed by atoms with Crippen LogP contribution in [0.15, 0.2) is 83.8 Å². The van der Waals surface area contributed by atoms with E-state index in [1.54, 1.807) is 54.6 Å². The summed E-state index contributed by atoms with van der Waals surface area (Å²) in [7, 11) is -3.87. The van der Waals surface area contributed by atoms with E-state index in [9.17, 15) is 13.8 Å². The fourth-order valence-electron chi connectivity index (χ4n) is 3.30. The molecular weight excluding hydrogens is 418 g/mol. The first kappa shape index (κ1) is 23.2. The molecule has 5 nitrogen and oxygen atoms in total. The van der Waals surface area contributed by atoms with E-state index in [1.165, 1.54) is 9.87 Å². The third-order valence-corrected chi connectivity index (χ3v) is 7.02. The molecule has 0 spiro atoms. The van der Waals surface area contributed by atoms with Gasteiger partial charge in [0.05, 0.1) is 11.4 Å². The summed E-state index contributed by atoms with van der Waals surface area (Å²) in [4.78, 5) is 3.46. The van der Waals surface area contributed by atoms with Crippen LogP contribution in [0.2, 0.25) is 0 Å². The Hall–Kier alpha value is -3.43. The molecule has 0 heterocycles. The van der Waals surface area contributed by atoms with Gasteiger partial charge in [0.1, 0.15) is 5.69 Å². The lowest BCUT2D eigenvalue weighted by atomic mass is 9.87. The monoisotopic (exact) mass is 446 g/mol. The molecule has 32 heavy (non-hydrogen) atoms. The van der Waals surface area contributed by atoms with Crippen LogP contribution in [0.5, 0.6) is 0 Å². The molecule has 0 N–H and O–H groups in total. The Kier molecular flexibility index (Phi) is 6.81. The molecule has 0 radical (unpaired) electrons. The summed E-state index contributed by atoms with van der Waals surface area (Å²) in [6.07, 6.45) is 3.69. The van der Waals surface area contributed by atoms with Gasteiger partial charge in [0.25, 0.3) is 10.0 Å². The van der Waals surface area contributed by atoms with Crippen molar-refractivity contribution in [2.75, 3.05) is 10.8 Å². The Morgan fingerprint density at radius 1 is 0.938 bits per heavy atom. The molecule has 3 aromatic rings. The Balaban J connectivity index is 1.96. The molecule has 3 rings (SSSR count). The van der Waals surface area contributed by atoms with E-state index in [0.717, 1.165) is 11.1 Å². The molecule has 0 saturated heterocycles. The minimum Gasteiger partial charge on any atom is -0.254 e. The summed E-state index contributed by atoms with van der Waals surface area (Å²) in [5.74, 6) is 0. The minimum atomic E-state index is -3.87. The van der Waals surface area contributed by atoms with Gasteiger partial charge >= 0.3 is 5.69 Å². The molecule has 0 aliphatic carbocycles.